The van der Waals surface area contributed by atoms with Crippen LogP contribution in [0.2, 0.25) is 0 Å². The van der Waals surface area contributed by atoms with Gasteiger partial charge in [0.2, 0.25) is 15.9 Å². The molecule has 1 aromatic carbocycles. The quantitative estimate of drug-likeness (QED) is 0.600. The number of rotatable bonds is 4. The molecule has 8 heteroatoms. The number of pyridine rings is 1. The summed E-state index contributed by atoms with van der Waals surface area (Å²) in [6.45, 7) is 3.19. The van der Waals surface area contributed by atoms with Gasteiger partial charge in [0.25, 0.3) is 0 Å². The molecule has 0 bridgehead atoms. The molecule has 1 aliphatic heterocycles. The van der Waals surface area contributed by atoms with E-state index in [1.165, 1.54) is 4.31 Å². The highest BCUT2D eigenvalue weighted by Gasteiger charge is 2.31. The third-order valence-electron chi connectivity index (χ3n) is 4.91. The number of aryl methyl sites for hydroxylation is 1. The van der Waals surface area contributed by atoms with Crippen LogP contribution in [0.1, 0.15) is 10.4 Å². The summed E-state index contributed by atoms with van der Waals surface area (Å²) in [6.07, 6.45) is 5.02. The molecule has 0 N–H and O–H groups in total. The molecule has 3 aromatic rings. The van der Waals surface area contributed by atoms with Gasteiger partial charge in [-0.2, -0.15) is 4.31 Å². The predicted molar refractivity (Wildman–Crippen MR) is 115 cm³/mol. The first kappa shape index (κ1) is 19.8. The van der Waals surface area contributed by atoms with E-state index < -0.39 is 10.0 Å². The third-order valence-corrected chi connectivity index (χ3v) is 7.68. The van der Waals surface area contributed by atoms with Crippen LogP contribution in [0.4, 0.5) is 0 Å². The van der Waals surface area contributed by atoms with Crippen molar-refractivity contribution in [2.75, 3.05) is 26.2 Å². The van der Waals surface area contributed by atoms with Crippen molar-refractivity contribution in [1.29, 1.82) is 0 Å². The molecule has 150 valence electrons. The van der Waals surface area contributed by atoms with Crippen LogP contribution in [0.5, 0.6) is 0 Å². The number of hydrogen-bond donors (Lipinski definition) is 0. The summed E-state index contributed by atoms with van der Waals surface area (Å²) in [5, 5.41) is 2.76. The summed E-state index contributed by atoms with van der Waals surface area (Å²) < 4.78 is 27.9. The Morgan fingerprint density at radius 3 is 2.66 bits per heavy atom. The van der Waals surface area contributed by atoms with E-state index in [1.807, 2.05) is 36.6 Å². The fourth-order valence-electron chi connectivity index (χ4n) is 3.38. The maximum atomic E-state index is 13.2. The first-order valence-corrected chi connectivity index (χ1v) is 11.6. The van der Waals surface area contributed by atoms with Crippen molar-refractivity contribution in [1.82, 2.24) is 14.2 Å². The molecule has 1 aliphatic rings. The molecule has 2 aromatic heterocycles. The Balaban J connectivity index is 1.49. The second-order valence-electron chi connectivity index (χ2n) is 6.92. The Kier molecular flexibility index (Phi) is 5.49. The average Bonchev–Trinajstić information content (AvgIpc) is 3.25. The number of para-hydroxylation sites is 1. The highest BCUT2D eigenvalue weighted by atomic mass is 32.2. The molecule has 0 aliphatic carbocycles. The first-order valence-electron chi connectivity index (χ1n) is 9.31. The molecule has 6 nitrogen and oxygen atoms in total. The topological polar surface area (TPSA) is 70.6 Å². The molecule has 0 atom stereocenters. The number of piperazine rings is 1. The minimum absolute atomic E-state index is 0.0993. The third kappa shape index (κ3) is 4.10. The number of carbonyl (C=O) groups excluding carboxylic acids is 1. The number of carbonyl (C=O) groups is 1. The average molecular weight is 428 g/mol. The van der Waals surface area contributed by atoms with E-state index in [9.17, 15) is 13.2 Å². The van der Waals surface area contributed by atoms with Crippen LogP contribution < -0.4 is 0 Å². The zero-order valence-electron chi connectivity index (χ0n) is 16.0. The second-order valence-corrected chi connectivity index (χ2v) is 9.80. The number of hydrogen-bond acceptors (Lipinski definition) is 5. The van der Waals surface area contributed by atoms with E-state index in [1.54, 1.807) is 46.7 Å². The molecular weight excluding hydrogens is 406 g/mol. The highest BCUT2D eigenvalue weighted by Crippen LogP contribution is 2.25. The van der Waals surface area contributed by atoms with E-state index in [-0.39, 0.29) is 23.9 Å². The van der Waals surface area contributed by atoms with Crippen molar-refractivity contribution < 1.29 is 13.2 Å². The zero-order valence-corrected chi connectivity index (χ0v) is 17.6. The Morgan fingerprint density at radius 2 is 1.93 bits per heavy atom. The van der Waals surface area contributed by atoms with Crippen molar-refractivity contribution in [2.24, 2.45) is 0 Å². The minimum atomic E-state index is -3.68. The van der Waals surface area contributed by atoms with Crippen LogP contribution in [-0.2, 0) is 14.8 Å². The predicted octanol–water partition coefficient (Wildman–Crippen LogP) is 3.15. The summed E-state index contributed by atoms with van der Waals surface area (Å²) in [5.74, 6) is -0.0993. The lowest BCUT2D eigenvalue weighted by Crippen LogP contribution is -2.50. The molecule has 0 radical (unpaired) electrons. The summed E-state index contributed by atoms with van der Waals surface area (Å²) in [6, 6.07) is 11.0. The first-order chi connectivity index (χ1) is 13.9. The number of nitrogens with zero attached hydrogens (tertiary/aromatic N) is 3. The molecule has 4 rings (SSSR count). The molecule has 1 fully saturated rings. The molecule has 0 spiro atoms. The Labute approximate surface area is 174 Å². The van der Waals surface area contributed by atoms with Gasteiger partial charge in [-0.05, 0) is 42.1 Å². The van der Waals surface area contributed by atoms with Gasteiger partial charge in [-0.15, -0.1) is 11.3 Å². The van der Waals surface area contributed by atoms with E-state index in [0.717, 1.165) is 15.8 Å². The van der Waals surface area contributed by atoms with Crippen molar-refractivity contribution in [3.05, 3.63) is 64.5 Å². The number of fused-ring (bicyclic) bond motifs is 1. The van der Waals surface area contributed by atoms with E-state index in [2.05, 4.69) is 4.98 Å². The number of benzene rings is 1. The summed E-state index contributed by atoms with van der Waals surface area (Å²) in [5.41, 5.74) is 1.46. The Morgan fingerprint density at radius 1 is 1.14 bits per heavy atom. The lowest BCUT2D eigenvalue weighted by atomic mass is 10.2. The van der Waals surface area contributed by atoms with Crippen LogP contribution >= 0.6 is 11.3 Å². The fraction of sp³-hybridized carbons (Fsp3) is 0.238. The largest absolute Gasteiger partial charge is 0.337 e. The van der Waals surface area contributed by atoms with Gasteiger partial charge >= 0.3 is 0 Å². The molecular formula is C21H21N3O3S2. The number of thiophene rings is 1. The van der Waals surface area contributed by atoms with Crippen molar-refractivity contribution in [2.45, 2.75) is 11.8 Å². The zero-order chi connectivity index (χ0) is 20.4. The lowest BCUT2D eigenvalue weighted by molar-refractivity contribution is -0.127. The Bertz CT molecular complexity index is 1160. The van der Waals surface area contributed by atoms with Crippen LogP contribution in [-0.4, -0.2) is 54.7 Å². The maximum Gasteiger partial charge on any atom is 0.246 e. The fourth-order valence-corrected chi connectivity index (χ4v) is 5.59. The number of amides is 1. The lowest BCUT2D eigenvalue weighted by Gasteiger charge is -2.33. The standard InChI is InChI=1S/C21H21N3O3S2/c1-16-14-17-4-2-6-19(21(17)22-15-16)29(26,27)24-11-9-23(10-12-24)20(25)8-7-18-5-3-13-28-18/h2-8,13-15H,9-12H2,1H3. The summed E-state index contributed by atoms with van der Waals surface area (Å²) in [4.78, 5) is 19.7. The van der Waals surface area contributed by atoms with Crippen LogP contribution in [0.3, 0.4) is 0 Å². The van der Waals surface area contributed by atoms with Gasteiger partial charge in [-0.1, -0.05) is 18.2 Å². The second kappa shape index (κ2) is 8.06. The minimum Gasteiger partial charge on any atom is -0.337 e. The molecule has 3 heterocycles. The SMILES string of the molecule is Cc1cnc2c(S(=O)(=O)N3CCN(C(=O)C=Cc4cccs4)CC3)cccc2c1. The highest BCUT2D eigenvalue weighted by molar-refractivity contribution is 7.89. The summed E-state index contributed by atoms with van der Waals surface area (Å²) in [7, 11) is -3.68. The molecule has 1 saturated heterocycles. The van der Waals surface area contributed by atoms with Crippen LogP contribution in [0.25, 0.3) is 17.0 Å². The van der Waals surface area contributed by atoms with E-state index in [4.69, 9.17) is 0 Å². The van der Waals surface area contributed by atoms with Crippen molar-refractivity contribution in [3.63, 3.8) is 0 Å². The van der Waals surface area contributed by atoms with Gasteiger partial charge in [0.05, 0.1) is 5.52 Å². The molecule has 1 amide bonds. The van der Waals surface area contributed by atoms with Crippen molar-refractivity contribution in [3.8, 4) is 0 Å². The number of sulfonamides is 1. The van der Waals surface area contributed by atoms with E-state index in [0.29, 0.717) is 18.6 Å². The van der Waals surface area contributed by atoms with Crippen LogP contribution in [0.15, 0.2) is 58.9 Å². The normalized spacial score (nSPS) is 16.0. The van der Waals surface area contributed by atoms with E-state index >= 15 is 0 Å². The molecule has 29 heavy (non-hydrogen) atoms. The van der Waals surface area contributed by atoms with Gasteiger partial charge in [0.15, 0.2) is 0 Å². The van der Waals surface area contributed by atoms with Crippen molar-refractivity contribution >= 4 is 44.2 Å². The molecule has 0 saturated carbocycles. The van der Waals surface area contributed by atoms with Gasteiger partial charge < -0.3 is 4.90 Å². The maximum absolute atomic E-state index is 13.2. The smallest absolute Gasteiger partial charge is 0.246 e. The monoisotopic (exact) mass is 427 g/mol. The van der Waals surface area contributed by atoms with Gasteiger partial charge in [0.1, 0.15) is 4.90 Å². The van der Waals surface area contributed by atoms with Gasteiger partial charge in [-0.25, -0.2) is 8.42 Å². The van der Waals surface area contributed by atoms with Crippen LogP contribution in [0, 0.1) is 6.92 Å². The molecule has 0 unspecified atom stereocenters. The van der Waals surface area contributed by atoms with Gasteiger partial charge in [-0.3, -0.25) is 9.78 Å². The Hall–Kier alpha value is -2.55. The summed E-state index contributed by atoms with van der Waals surface area (Å²) >= 11 is 1.56. The van der Waals surface area contributed by atoms with Gasteiger partial charge in [0, 0.05) is 48.7 Å². The number of aromatic nitrogens is 1.